The molecule has 3 atom stereocenters. The molecule has 0 aliphatic carbocycles. The lowest BCUT2D eigenvalue weighted by Gasteiger charge is -2.43. The van der Waals surface area contributed by atoms with E-state index in [2.05, 4.69) is 77.0 Å². The summed E-state index contributed by atoms with van der Waals surface area (Å²) in [5, 5.41) is 0. The summed E-state index contributed by atoms with van der Waals surface area (Å²) in [6, 6.07) is 4.75. The second kappa shape index (κ2) is 21.7. The maximum absolute atomic E-state index is 15.1. The smallest absolute Gasteiger partial charge is 0.408 e. The van der Waals surface area contributed by atoms with E-state index in [0.29, 0.717) is 18.1 Å². The van der Waals surface area contributed by atoms with Crippen molar-refractivity contribution in [1.82, 2.24) is 14.7 Å². The highest BCUT2D eigenvalue weighted by atomic mass is 127. The molecule has 0 saturated carbocycles. The molecule has 0 aromatic carbocycles. The van der Waals surface area contributed by atoms with Gasteiger partial charge in [0.2, 0.25) is 11.8 Å². The normalized spacial score (nSPS) is 15.3. The minimum absolute atomic E-state index is 0. The summed E-state index contributed by atoms with van der Waals surface area (Å²) in [5.74, 6) is -0.353. The molecule has 222 valence electrons. The number of aromatic nitrogens is 1. The first-order valence-electron chi connectivity index (χ1n) is 13.7. The molecule has 1 heterocycles. The van der Waals surface area contributed by atoms with Crippen molar-refractivity contribution in [2.24, 2.45) is 0 Å². The quantitative estimate of drug-likeness (QED) is 0.0906. The van der Waals surface area contributed by atoms with Gasteiger partial charge in [-0.25, -0.2) is 0 Å². The molecule has 9 heteroatoms. The molecule has 3 unspecified atom stereocenters. The zero-order chi connectivity index (χ0) is 25.9. The second-order valence-corrected chi connectivity index (χ2v) is 10.1. The predicted molar refractivity (Wildman–Crippen MR) is 142 cm³/mol. The molecule has 0 bridgehead atoms. The zero-order valence-corrected chi connectivity index (χ0v) is 31.5. The highest BCUT2D eigenvalue weighted by molar-refractivity contribution is 5.04. The van der Waals surface area contributed by atoms with Gasteiger partial charge in [-0.05, 0) is 72.2 Å². The fraction of sp³-hybridized carbons (Fsp3) is 0.821. The molecule has 0 aliphatic heterocycles. The Labute approximate surface area is 279 Å². The molecule has 0 amide bonds. The minimum Gasteiger partial charge on any atom is -1.00 e. The third-order valence-corrected chi connectivity index (χ3v) is 7.66. The van der Waals surface area contributed by atoms with E-state index >= 15 is 4.39 Å². The lowest BCUT2D eigenvalue weighted by atomic mass is 9.97. The average Bonchev–Trinajstić information content (AvgIpc) is 2.84. The van der Waals surface area contributed by atoms with Crippen LogP contribution in [-0.4, -0.2) is 77.7 Å². The Kier molecular flexibility index (Phi) is 24.8. The van der Waals surface area contributed by atoms with Crippen molar-refractivity contribution < 1.29 is 85.9 Å². The van der Waals surface area contributed by atoms with Crippen molar-refractivity contribution in [1.29, 1.82) is 0 Å². The van der Waals surface area contributed by atoms with E-state index in [4.69, 9.17) is 4.84 Å². The summed E-state index contributed by atoms with van der Waals surface area (Å²) < 4.78 is 16.5. The van der Waals surface area contributed by atoms with Crippen LogP contribution in [0.1, 0.15) is 87.1 Å². The van der Waals surface area contributed by atoms with E-state index in [1.54, 1.807) is 12.3 Å². The van der Waals surface area contributed by atoms with Crippen LogP contribution >= 0.6 is 0 Å². The second-order valence-electron chi connectivity index (χ2n) is 10.1. The Bertz CT molecular complexity index is 666. The van der Waals surface area contributed by atoms with Crippen molar-refractivity contribution in [3.05, 3.63) is 29.8 Å². The number of nitrogens with zero attached hydrogens (tertiary/aromatic N) is 4. The minimum atomic E-state index is -0.598. The number of pyridine rings is 1. The Morgan fingerprint density at radius 2 is 1.11 bits per heavy atom. The number of hydrogen-bond acceptors (Lipinski definition) is 4. The Morgan fingerprint density at radius 1 is 0.757 bits per heavy atom. The highest BCUT2D eigenvalue weighted by Crippen LogP contribution is 2.21. The Hall–Kier alpha value is 0.950. The van der Waals surface area contributed by atoms with Crippen LogP contribution in [0.3, 0.4) is 0 Å². The van der Waals surface area contributed by atoms with Gasteiger partial charge in [-0.15, -0.1) is 4.39 Å². The third-order valence-electron chi connectivity index (χ3n) is 7.66. The largest absolute Gasteiger partial charge is 1.00 e. The first kappa shape index (κ1) is 42.4. The van der Waals surface area contributed by atoms with Gasteiger partial charge in [-0.2, -0.15) is 0 Å². The van der Waals surface area contributed by atoms with Crippen LogP contribution in [-0.2, 0) is 0 Å². The Balaban J connectivity index is -0.00000385. The third kappa shape index (κ3) is 13.4. The molecule has 37 heavy (non-hydrogen) atoms. The molecule has 1 rings (SSSR count). The summed E-state index contributed by atoms with van der Waals surface area (Å²) in [6.07, 6.45) is 4.95. The first-order valence-corrected chi connectivity index (χ1v) is 13.7. The van der Waals surface area contributed by atoms with Gasteiger partial charge < -0.3 is 71.9 Å². The van der Waals surface area contributed by atoms with Crippen LogP contribution in [0.25, 0.3) is 0 Å². The monoisotopic (exact) mass is 862 g/mol. The van der Waals surface area contributed by atoms with E-state index in [0.717, 1.165) is 64.1 Å². The highest BCUT2D eigenvalue weighted by Gasteiger charge is 2.44. The van der Waals surface area contributed by atoms with Crippen LogP contribution in [0.4, 0.5) is 4.39 Å². The van der Waals surface area contributed by atoms with Gasteiger partial charge in [0.05, 0.1) is 0 Å². The topological polar surface area (TPSA) is 22.8 Å². The molecule has 0 saturated heterocycles. The summed E-state index contributed by atoms with van der Waals surface area (Å²) in [7, 11) is 0. The van der Waals surface area contributed by atoms with Crippen molar-refractivity contribution in [2.45, 2.75) is 112 Å². The Morgan fingerprint density at radius 3 is 1.38 bits per heavy atom. The molecule has 0 radical (unpaired) electrons. The van der Waals surface area contributed by atoms with E-state index in [1.807, 2.05) is 13.0 Å². The fourth-order valence-corrected chi connectivity index (χ4v) is 4.70. The van der Waals surface area contributed by atoms with Crippen LogP contribution < -0.4 is 81.5 Å². The average molecular weight is 862 g/mol. The van der Waals surface area contributed by atoms with Crippen LogP contribution in [0, 0.1) is 12.9 Å². The van der Waals surface area contributed by atoms with E-state index in [-0.39, 0.29) is 77.9 Å². The molecule has 0 spiro atoms. The number of aryl methyl sites for hydroxylation is 1. The number of rotatable bonds is 17. The summed E-state index contributed by atoms with van der Waals surface area (Å²) in [5.41, 5.74) is 0.293. The molecule has 5 nitrogen and oxygen atoms in total. The SMILES string of the molecule is CCC(C)N(CC)CC(CN(CC)C(C)CC)(CN(CC)C(C)CC)O[n+]1ccc(C)cc1F.[I-].[I-].[I-]. The van der Waals surface area contributed by atoms with Gasteiger partial charge in [0.25, 0.3) is 0 Å². The molecular weight excluding hydrogens is 808 g/mol. The lowest BCUT2D eigenvalue weighted by Crippen LogP contribution is -3.00. The van der Waals surface area contributed by atoms with Crippen molar-refractivity contribution in [3.8, 4) is 0 Å². The molecule has 0 fully saturated rings. The van der Waals surface area contributed by atoms with Gasteiger partial charge in [-0.1, -0.05) is 41.5 Å². The molecule has 1 aromatic rings. The summed E-state index contributed by atoms with van der Waals surface area (Å²) in [4.78, 5) is 14.3. The van der Waals surface area contributed by atoms with Crippen LogP contribution in [0.5, 0.6) is 0 Å². The standard InChI is InChI=1S/C28H54FN4O.3HI/c1-11-24(8)30(14-4)20-28(21-31(15-5)25(9)12-2,22-32(16-6)26(10)13-3)34-33-18-17-23(7)19-27(33)29;;;/h17-19,24-26H,11-16,20-22H2,1-10H3;3*1H/q+1;;;/p-3. The maximum Gasteiger partial charge on any atom is 0.408 e. The van der Waals surface area contributed by atoms with Gasteiger partial charge in [0, 0.05) is 54.6 Å². The maximum atomic E-state index is 15.1. The van der Waals surface area contributed by atoms with E-state index in [1.165, 1.54) is 4.73 Å². The summed E-state index contributed by atoms with van der Waals surface area (Å²) >= 11 is 0. The molecule has 1 aromatic heterocycles. The first-order chi connectivity index (χ1) is 16.1. The van der Waals surface area contributed by atoms with Crippen LogP contribution in [0.15, 0.2) is 18.3 Å². The van der Waals surface area contributed by atoms with Crippen molar-refractivity contribution in [3.63, 3.8) is 0 Å². The zero-order valence-electron chi connectivity index (χ0n) is 25.0. The predicted octanol–water partition coefficient (Wildman–Crippen LogP) is -4.04. The van der Waals surface area contributed by atoms with E-state index < -0.39 is 5.60 Å². The molecule has 0 aliphatic rings. The fourth-order valence-electron chi connectivity index (χ4n) is 4.70. The lowest BCUT2D eigenvalue weighted by molar-refractivity contribution is -0.925. The van der Waals surface area contributed by atoms with Gasteiger partial charge >= 0.3 is 5.95 Å². The van der Waals surface area contributed by atoms with Gasteiger partial charge in [0.15, 0.2) is 0 Å². The van der Waals surface area contributed by atoms with Crippen LogP contribution in [0.2, 0.25) is 0 Å². The van der Waals surface area contributed by atoms with Gasteiger partial charge in [0.1, 0.15) is 0 Å². The number of halogens is 4. The van der Waals surface area contributed by atoms with Crippen molar-refractivity contribution >= 4 is 0 Å². The van der Waals surface area contributed by atoms with Gasteiger partial charge in [-0.3, -0.25) is 19.5 Å². The van der Waals surface area contributed by atoms with Crippen molar-refractivity contribution in [2.75, 3.05) is 39.3 Å². The summed E-state index contributed by atoms with van der Waals surface area (Å²) in [6.45, 7) is 27.2. The number of likely N-dealkylation sites (N-methyl/N-ethyl adjacent to an activating group) is 3. The number of hydrogen-bond donors (Lipinski definition) is 0. The molecule has 0 N–H and O–H groups in total. The molecular formula is C28H54FI3N4O-2. The van der Waals surface area contributed by atoms with E-state index in [9.17, 15) is 0 Å².